The molecule has 1 fully saturated rings. The molecule has 2 aromatic rings. The van der Waals surface area contributed by atoms with Crippen molar-refractivity contribution in [2.24, 2.45) is 5.92 Å². The highest BCUT2D eigenvalue weighted by Gasteiger charge is 2.36. The summed E-state index contributed by atoms with van der Waals surface area (Å²) in [7, 11) is 0. The van der Waals surface area contributed by atoms with Gasteiger partial charge in [0.2, 0.25) is 5.91 Å². The lowest BCUT2D eigenvalue weighted by atomic mass is 9.83. The molecule has 2 aliphatic heterocycles. The molecule has 0 N–H and O–H groups in total. The van der Waals surface area contributed by atoms with Crippen LogP contribution in [-0.4, -0.2) is 34.2 Å². The maximum absolute atomic E-state index is 12.7. The lowest BCUT2D eigenvalue weighted by Gasteiger charge is -2.42. The van der Waals surface area contributed by atoms with E-state index in [0.717, 1.165) is 12.1 Å². The number of hydrogen-bond donors (Lipinski definition) is 0. The van der Waals surface area contributed by atoms with Gasteiger partial charge in [-0.15, -0.1) is 0 Å². The molecular formula is C21H21ClN2O3. The van der Waals surface area contributed by atoms with Gasteiger partial charge in [0, 0.05) is 60.7 Å². The van der Waals surface area contributed by atoms with Crippen molar-refractivity contribution in [3.63, 3.8) is 0 Å². The van der Waals surface area contributed by atoms with Crippen molar-refractivity contribution in [3.8, 4) is 0 Å². The molecule has 6 heteroatoms. The van der Waals surface area contributed by atoms with Crippen LogP contribution in [-0.2, 0) is 11.3 Å². The number of rotatable bonds is 4. The van der Waals surface area contributed by atoms with Gasteiger partial charge in [-0.1, -0.05) is 17.7 Å². The van der Waals surface area contributed by atoms with Crippen LogP contribution in [0.15, 0.2) is 47.3 Å². The minimum atomic E-state index is -0.0471. The molecule has 1 aromatic heterocycles. The second-order valence-electron chi connectivity index (χ2n) is 7.43. The Kier molecular flexibility index (Phi) is 4.87. The van der Waals surface area contributed by atoms with Crippen LogP contribution in [0.25, 0.3) is 0 Å². The Balaban J connectivity index is 1.40. The third kappa shape index (κ3) is 3.69. The molecule has 0 unspecified atom stereocenters. The molecule has 2 bridgehead atoms. The average molecular weight is 385 g/mol. The minimum absolute atomic E-state index is 0.0127. The number of fused-ring (bicyclic) bond motifs is 4. The average Bonchev–Trinajstić information content (AvgIpc) is 2.67. The topological polar surface area (TPSA) is 59.4 Å². The molecule has 4 rings (SSSR count). The molecule has 27 heavy (non-hydrogen) atoms. The number of nitrogens with zero attached hydrogens (tertiary/aromatic N) is 2. The summed E-state index contributed by atoms with van der Waals surface area (Å²) in [5.41, 5.74) is 1.64. The van der Waals surface area contributed by atoms with Gasteiger partial charge >= 0.3 is 0 Å². The SMILES string of the molecule is O=C(CCC(=O)N1C[C@H]2C[C@H](C1)c1cccc(=O)n1C2)c1ccc(Cl)cc1. The zero-order chi connectivity index (χ0) is 19.0. The van der Waals surface area contributed by atoms with Crippen LogP contribution in [0.5, 0.6) is 0 Å². The maximum Gasteiger partial charge on any atom is 0.250 e. The Hall–Kier alpha value is -2.40. The normalized spacial score (nSPS) is 20.9. The number of piperidine rings is 1. The number of halogens is 1. The second-order valence-corrected chi connectivity index (χ2v) is 7.86. The molecule has 140 valence electrons. The third-order valence-electron chi connectivity index (χ3n) is 5.56. The number of ketones is 1. The molecule has 5 nitrogen and oxygen atoms in total. The van der Waals surface area contributed by atoms with E-state index in [9.17, 15) is 14.4 Å². The van der Waals surface area contributed by atoms with Gasteiger partial charge in [0.05, 0.1) is 0 Å². The maximum atomic E-state index is 12.7. The number of aromatic nitrogens is 1. The van der Waals surface area contributed by atoms with Crippen LogP contribution in [0, 0.1) is 5.92 Å². The van der Waals surface area contributed by atoms with Gasteiger partial charge in [-0.3, -0.25) is 14.4 Å². The summed E-state index contributed by atoms with van der Waals surface area (Å²) in [6, 6.07) is 12.1. The van der Waals surface area contributed by atoms with E-state index in [-0.39, 0.29) is 36.0 Å². The summed E-state index contributed by atoms with van der Waals surface area (Å²) in [6.07, 6.45) is 1.42. The van der Waals surface area contributed by atoms with Crippen molar-refractivity contribution in [2.45, 2.75) is 31.7 Å². The Morgan fingerprint density at radius 3 is 2.56 bits per heavy atom. The van der Waals surface area contributed by atoms with Gasteiger partial charge in [0.1, 0.15) is 0 Å². The monoisotopic (exact) mass is 384 g/mol. The number of hydrogen-bond acceptors (Lipinski definition) is 3. The van der Waals surface area contributed by atoms with E-state index in [4.69, 9.17) is 11.6 Å². The quantitative estimate of drug-likeness (QED) is 0.761. The highest BCUT2D eigenvalue weighted by molar-refractivity contribution is 6.30. The minimum Gasteiger partial charge on any atom is -0.342 e. The zero-order valence-electron chi connectivity index (χ0n) is 14.9. The van der Waals surface area contributed by atoms with E-state index < -0.39 is 0 Å². The van der Waals surface area contributed by atoms with Crippen LogP contribution in [0.1, 0.15) is 41.2 Å². The third-order valence-corrected chi connectivity index (χ3v) is 5.82. The largest absolute Gasteiger partial charge is 0.342 e. The molecule has 2 aliphatic rings. The lowest BCUT2D eigenvalue weighted by Crippen LogP contribution is -2.49. The van der Waals surface area contributed by atoms with E-state index >= 15 is 0 Å². The number of pyridine rings is 1. The molecule has 2 atom stereocenters. The first-order valence-corrected chi connectivity index (χ1v) is 9.65. The van der Waals surface area contributed by atoms with Crippen LogP contribution < -0.4 is 5.56 Å². The van der Waals surface area contributed by atoms with Crippen molar-refractivity contribution >= 4 is 23.3 Å². The fraction of sp³-hybridized carbons (Fsp3) is 0.381. The van der Waals surface area contributed by atoms with Gasteiger partial charge in [-0.2, -0.15) is 0 Å². The van der Waals surface area contributed by atoms with Crippen LogP contribution in [0.3, 0.4) is 0 Å². The van der Waals surface area contributed by atoms with Gasteiger partial charge in [-0.05, 0) is 42.7 Å². The molecule has 1 saturated heterocycles. The Labute approximate surface area is 162 Å². The molecule has 0 aliphatic carbocycles. The van der Waals surface area contributed by atoms with Gasteiger partial charge in [0.15, 0.2) is 5.78 Å². The Bertz CT molecular complexity index is 935. The first-order chi connectivity index (χ1) is 13.0. The molecular weight excluding hydrogens is 364 g/mol. The summed E-state index contributed by atoms with van der Waals surface area (Å²) in [6.45, 7) is 1.94. The fourth-order valence-corrected chi connectivity index (χ4v) is 4.38. The van der Waals surface area contributed by atoms with Crippen molar-refractivity contribution in [1.82, 2.24) is 9.47 Å². The summed E-state index contributed by atoms with van der Waals surface area (Å²) in [4.78, 5) is 38.9. The second kappa shape index (κ2) is 7.31. The molecule has 1 aromatic carbocycles. The predicted molar refractivity (Wildman–Crippen MR) is 103 cm³/mol. The number of carbonyl (C=O) groups excluding carboxylic acids is 2. The number of Topliss-reactive ketones (excluding diaryl/α,β-unsaturated/α-hetero) is 1. The highest BCUT2D eigenvalue weighted by Crippen LogP contribution is 2.35. The Morgan fingerprint density at radius 2 is 1.78 bits per heavy atom. The molecule has 0 spiro atoms. The Morgan fingerprint density at radius 1 is 1.00 bits per heavy atom. The molecule has 1 amide bonds. The summed E-state index contributed by atoms with van der Waals surface area (Å²) < 4.78 is 1.85. The van der Waals surface area contributed by atoms with E-state index in [0.29, 0.717) is 36.1 Å². The van der Waals surface area contributed by atoms with Crippen molar-refractivity contribution < 1.29 is 9.59 Å². The van der Waals surface area contributed by atoms with Gasteiger partial charge < -0.3 is 9.47 Å². The van der Waals surface area contributed by atoms with Gasteiger partial charge in [0.25, 0.3) is 5.56 Å². The number of amides is 1. The van der Waals surface area contributed by atoms with Crippen molar-refractivity contribution in [1.29, 1.82) is 0 Å². The standard InChI is InChI=1S/C21H21ClN2O3/c22-17-6-4-15(5-7-17)19(25)8-9-20(26)23-11-14-10-16(13-23)18-2-1-3-21(27)24(18)12-14/h1-7,14,16H,8-13H2/t14-,16-/m1/s1. The summed E-state index contributed by atoms with van der Waals surface area (Å²) in [5.74, 6) is 0.461. The smallest absolute Gasteiger partial charge is 0.250 e. The zero-order valence-corrected chi connectivity index (χ0v) is 15.7. The van der Waals surface area contributed by atoms with E-state index in [1.807, 2.05) is 15.5 Å². The first-order valence-electron chi connectivity index (χ1n) is 9.27. The number of likely N-dealkylation sites (tertiary alicyclic amines) is 1. The van der Waals surface area contributed by atoms with Crippen LogP contribution in [0.4, 0.5) is 0 Å². The van der Waals surface area contributed by atoms with Gasteiger partial charge in [-0.25, -0.2) is 0 Å². The molecule has 0 radical (unpaired) electrons. The lowest BCUT2D eigenvalue weighted by molar-refractivity contribution is -0.133. The van der Waals surface area contributed by atoms with E-state index in [2.05, 4.69) is 0 Å². The summed E-state index contributed by atoms with van der Waals surface area (Å²) in [5, 5.41) is 0.585. The fourth-order valence-electron chi connectivity index (χ4n) is 4.26. The number of benzene rings is 1. The van der Waals surface area contributed by atoms with Crippen molar-refractivity contribution in [3.05, 3.63) is 69.1 Å². The number of carbonyl (C=O) groups is 2. The summed E-state index contributed by atoms with van der Waals surface area (Å²) >= 11 is 5.84. The van der Waals surface area contributed by atoms with Crippen LogP contribution >= 0.6 is 11.6 Å². The highest BCUT2D eigenvalue weighted by atomic mass is 35.5. The molecule has 3 heterocycles. The van der Waals surface area contributed by atoms with E-state index in [1.165, 1.54) is 0 Å². The van der Waals surface area contributed by atoms with Crippen LogP contribution in [0.2, 0.25) is 5.02 Å². The van der Waals surface area contributed by atoms with Crippen molar-refractivity contribution in [2.75, 3.05) is 13.1 Å². The predicted octanol–water partition coefficient (Wildman–Crippen LogP) is 3.11. The first kappa shape index (κ1) is 18.0. The van der Waals surface area contributed by atoms with E-state index in [1.54, 1.807) is 36.4 Å². The molecule has 0 saturated carbocycles.